The maximum atomic E-state index is 5.97. The topological polar surface area (TPSA) is 61.0 Å². The van der Waals surface area contributed by atoms with Crippen molar-refractivity contribution in [3.63, 3.8) is 0 Å². The molecule has 0 bridgehead atoms. The van der Waals surface area contributed by atoms with Crippen LogP contribution in [-0.2, 0) is 0 Å². The first-order valence-electron chi connectivity index (χ1n) is 6.41. The van der Waals surface area contributed by atoms with Gasteiger partial charge >= 0.3 is 0 Å². The normalized spacial score (nSPS) is 10.7. The number of rotatable bonds is 2. The van der Waals surface area contributed by atoms with Crippen LogP contribution in [0.2, 0.25) is 0 Å². The molecular formula is C16H15N3O. The largest absolute Gasteiger partial charge is 0.438 e. The van der Waals surface area contributed by atoms with Gasteiger partial charge in [-0.25, -0.2) is 4.98 Å². The van der Waals surface area contributed by atoms with Gasteiger partial charge in [-0.15, -0.1) is 0 Å². The molecule has 0 unspecified atom stereocenters. The molecule has 100 valence electrons. The van der Waals surface area contributed by atoms with Gasteiger partial charge in [-0.1, -0.05) is 18.2 Å². The summed E-state index contributed by atoms with van der Waals surface area (Å²) in [5.74, 6) is 1.93. The lowest BCUT2D eigenvalue weighted by Crippen LogP contribution is -1.98. The Bertz CT molecular complexity index is 784. The van der Waals surface area contributed by atoms with Crippen LogP contribution in [0.25, 0.3) is 10.9 Å². The predicted octanol–water partition coefficient (Wildman–Crippen LogP) is 3.62. The number of anilines is 1. The van der Waals surface area contributed by atoms with Crippen LogP contribution in [0.1, 0.15) is 11.4 Å². The van der Waals surface area contributed by atoms with Gasteiger partial charge in [-0.2, -0.15) is 4.98 Å². The van der Waals surface area contributed by atoms with Crippen LogP contribution >= 0.6 is 0 Å². The van der Waals surface area contributed by atoms with Crippen LogP contribution in [0.5, 0.6) is 11.6 Å². The van der Waals surface area contributed by atoms with Crippen molar-refractivity contribution in [1.29, 1.82) is 0 Å². The van der Waals surface area contributed by atoms with Gasteiger partial charge in [0.15, 0.2) is 0 Å². The third-order valence-corrected chi connectivity index (χ3v) is 3.04. The van der Waals surface area contributed by atoms with Crippen molar-refractivity contribution >= 4 is 16.6 Å². The van der Waals surface area contributed by atoms with Crippen LogP contribution in [-0.4, -0.2) is 9.97 Å². The van der Waals surface area contributed by atoms with E-state index in [9.17, 15) is 0 Å². The smallest absolute Gasteiger partial charge is 0.230 e. The Kier molecular flexibility index (Phi) is 2.99. The zero-order valence-electron chi connectivity index (χ0n) is 11.4. The molecule has 0 amide bonds. The maximum Gasteiger partial charge on any atom is 0.230 e. The number of benzene rings is 2. The van der Waals surface area contributed by atoms with Crippen LogP contribution in [0.15, 0.2) is 42.5 Å². The summed E-state index contributed by atoms with van der Waals surface area (Å²) >= 11 is 0. The number of hydrogen-bond donors (Lipinski definition) is 1. The van der Waals surface area contributed by atoms with Gasteiger partial charge in [0.2, 0.25) is 5.88 Å². The number of nitrogens with zero attached hydrogens (tertiary/aromatic N) is 2. The number of ether oxygens (including phenoxy) is 1. The Morgan fingerprint density at radius 3 is 2.60 bits per heavy atom. The fourth-order valence-corrected chi connectivity index (χ4v) is 2.12. The molecule has 0 saturated heterocycles. The number of fused-ring (bicyclic) bond motifs is 1. The van der Waals surface area contributed by atoms with Crippen LogP contribution < -0.4 is 10.5 Å². The summed E-state index contributed by atoms with van der Waals surface area (Å²) in [7, 11) is 0. The average Bonchev–Trinajstić information content (AvgIpc) is 2.40. The summed E-state index contributed by atoms with van der Waals surface area (Å²) in [5.41, 5.74) is 8.45. The first-order valence-corrected chi connectivity index (χ1v) is 6.41. The number of para-hydroxylation sites is 1. The second kappa shape index (κ2) is 4.81. The Hall–Kier alpha value is -2.62. The van der Waals surface area contributed by atoms with E-state index in [1.165, 1.54) is 0 Å². The average molecular weight is 265 g/mol. The number of nitrogen functional groups attached to an aromatic ring is 1. The van der Waals surface area contributed by atoms with Crippen LogP contribution in [0.3, 0.4) is 0 Å². The fourth-order valence-electron chi connectivity index (χ4n) is 2.12. The molecule has 0 radical (unpaired) electrons. The van der Waals surface area contributed by atoms with Gasteiger partial charge in [-0.05, 0) is 43.7 Å². The maximum absolute atomic E-state index is 5.97. The van der Waals surface area contributed by atoms with Gasteiger partial charge in [0.05, 0.1) is 11.1 Å². The van der Waals surface area contributed by atoms with E-state index in [-0.39, 0.29) is 0 Å². The lowest BCUT2D eigenvalue weighted by atomic mass is 10.2. The third kappa shape index (κ3) is 2.28. The molecule has 3 rings (SSSR count). The monoisotopic (exact) mass is 265 g/mol. The van der Waals surface area contributed by atoms with Gasteiger partial charge in [-0.3, -0.25) is 0 Å². The van der Waals surface area contributed by atoms with Gasteiger partial charge in [0.25, 0.3) is 0 Å². The summed E-state index contributed by atoms with van der Waals surface area (Å²) in [6.45, 7) is 3.85. The highest BCUT2D eigenvalue weighted by Gasteiger charge is 2.10. The molecular weight excluding hydrogens is 250 g/mol. The Morgan fingerprint density at radius 2 is 1.80 bits per heavy atom. The molecule has 2 N–H and O–H groups in total. The van der Waals surface area contributed by atoms with E-state index >= 15 is 0 Å². The van der Waals surface area contributed by atoms with Gasteiger partial charge in [0.1, 0.15) is 17.1 Å². The zero-order valence-corrected chi connectivity index (χ0v) is 11.4. The van der Waals surface area contributed by atoms with Crippen molar-refractivity contribution in [1.82, 2.24) is 9.97 Å². The van der Waals surface area contributed by atoms with E-state index in [4.69, 9.17) is 10.5 Å². The molecule has 0 spiro atoms. The first-order chi connectivity index (χ1) is 9.63. The van der Waals surface area contributed by atoms with Crippen molar-refractivity contribution < 1.29 is 4.74 Å². The molecule has 0 aliphatic rings. The number of aromatic nitrogens is 2. The van der Waals surface area contributed by atoms with Crippen LogP contribution in [0, 0.1) is 13.8 Å². The van der Waals surface area contributed by atoms with E-state index in [2.05, 4.69) is 9.97 Å². The van der Waals surface area contributed by atoms with E-state index < -0.39 is 0 Å². The van der Waals surface area contributed by atoms with Crippen molar-refractivity contribution in [2.45, 2.75) is 13.8 Å². The minimum absolute atomic E-state index is 0.533. The number of nitrogens with two attached hydrogens (primary N) is 1. The minimum atomic E-state index is 0.533. The molecule has 0 fully saturated rings. The van der Waals surface area contributed by atoms with Crippen molar-refractivity contribution in [2.24, 2.45) is 0 Å². The SMILES string of the molecule is Cc1cccc(Oc2nc(C)nc3c(N)cccc23)c1. The lowest BCUT2D eigenvalue weighted by molar-refractivity contribution is 0.466. The molecule has 0 aliphatic heterocycles. The summed E-state index contributed by atoms with van der Waals surface area (Å²) in [4.78, 5) is 8.76. The molecule has 1 aromatic heterocycles. The summed E-state index contributed by atoms with van der Waals surface area (Å²) < 4.78 is 5.90. The highest BCUT2D eigenvalue weighted by molar-refractivity contribution is 5.92. The van der Waals surface area contributed by atoms with Crippen molar-refractivity contribution in [2.75, 3.05) is 5.73 Å². The summed E-state index contributed by atoms with van der Waals surface area (Å²) in [5, 5.41) is 0.817. The Labute approximate surface area is 117 Å². The molecule has 20 heavy (non-hydrogen) atoms. The predicted molar refractivity (Wildman–Crippen MR) is 79.9 cm³/mol. The van der Waals surface area contributed by atoms with E-state index in [0.29, 0.717) is 17.4 Å². The molecule has 4 heteroatoms. The highest BCUT2D eigenvalue weighted by Crippen LogP contribution is 2.30. The molecule has 2 aromatic carbocycles. The van der Waals surface area contributed by atoms with Crippen molar-refractivity contribution in [3.8, 4) is 11.6 Å². The van der Waals surface area contributed by atoms with E-state index in [1.807, 2.05) is 56.3 Å². The molecule has 3 aromatic rings. The van der Waals surface area contributed by atoms with Crippen molar-refractivity contribution in [3.05, 3.63) is 53.9 Å². The van der Waals surface area contributed by atoms with E-state index in [0.717, 1.165) is 22.2 Å². The number of hydrogen-bond acceptors (Lipinski definition) is 4. The molecule has 1 heterocycles. The Balaban J connectivity index is 2.14. The molecule has 4 nitrogen and oxygen atoms in total. The lowest BCUT2D eigenvalue weighted by Gasteiger charge is -2.10. The van der Waals surface area contributed by atoms with Gasteiger partial charge < -0.3 is 10.5 Å². The number of aryl methyl sites for hydroxylation is 2. The van der Waals surface area contributed by atoms with Gasteiger partial charge in [0, 0.05) is 0 Å². The molecule has 0 atom stereocenters. The minimum Gasteiger partial charge on any atom is -0.438 e. The highest BCUT2D eigenvalue weighted by atomic mass is 16.5. The summed E-state index contributed by atoms with van der Waals surface area (Å²) in [6, 6.07) is 13.5. The standard InChI is InChI=1S/C16H15N3O/c1-10-5-3-6-12(9-10)20-16-13-7-4-8-14(17)15(13)18-11(2)19-16/h3-9H,17H2,1-2H3. The third-order valence-electron chi connectivity index (χ3n) is 3.04. The quantitative estimate of drug-likeness (QED) is 0.719. The molecule has 0 saturated carbocycles. The first kappa shape index (κ1) is 12.4. The Morgan fingerprint density at radius 1 is 1.00 bits per heavy atom. The summed E-state index contributed by atoms with van der Waals surface area (Å²) in [6.07, 6.45) is 0. The fraction of sp³-hybridized carbons (Fsp3) is 0.125. The molecule has 0 aliphatic carbocycles. The van der Waals surface area contributed by atoms with Crippen LogP contribution in [0.4, 0.5) is 5.69 Å². The second-order valence-corrected chi connectivity index (χ2v) is 4.74. The zero-order chi connectivity index (χ0) is 14.1. The second-order valence-electron chi connectivity index (χ2n) is 4.74. The van der Waals surface area contributed by atoms with E-state index in [1.54, 1.807) is 0 Å².